The summed E-state index contributed by atoms with van der Waals surface area (Å²) in [5, 5.41) is 12.8. The number of hydrogen-bond acceptors (Lipinski definition) is 3. The summed E-state index contributed by atoms with van der Waals surface area (Å²) >= 11 is 0. The quantitative estimate of drug-likeness (QED) is 0.794. The van der Waals surface area contributed by atoms with Crippen molar-refractivity contribution in [2.24, 2.45) is 0 Å². The Bertz CT molecular complexity index is 651. The monoisotopic (exact) mass is 302 g/mol. The first kappa shape index (κ1) is 15.9. The van der Waals surface area contributed by atoms with Crippen molar-refractivity contribution in [1.29, 1.82) is 0 Å². The molecule has 0 radical (unpaired) electrons. The maximum Gasteiger partial charge on any atom is 0.319 e. The first-order valence-electron chi connectivity index (χ1n) is 7.21. The highest BCUT2D eigenvalue weighted by atomic mass is 16.5. The fourth-order valence-corrected chi connectivity index (χ4v) is 2.23. The molecule has 0 bridgehead atoms. The summed E-state index contributed by atoms with van der Waals surface area (Å²) in [7, 11) is 1.61. The van der Waals surface area contributed by atoms with Gasteiger partial charge in [0.1, 0.15) is 5.75 Å². The average molecular weight is 302 g/mol. The summed E-state index contributed by atoms with van der Waals surface area (Å²) in [6.07, 6.45) is 0.676. The summed E-state index contributed by atoms with van der Waals surface area (Å²) < 4.78 is 5.25. The summed E-state index contributed by atoms with van der Waals surface area (Å²) in [5.41, 5.74) is 3.67. The van der Waals surface area contributed by atoms with Crippen LogP contribution in [0, 0.1) is 13.8 Å². The van der Waals surface area contributed by atoms with E-state index in [2.05, 4.69) is 20.8 Å². The minimum absolute atomic E-state index is 0.0185. The van der Waals surface area contributed by atoms with E-state index in [1.807, 2.05) is 39.0 Å². The zero-order chi connectivity index (χ0) is 16.1. The van der Waals surface area contributed by atoms with Gasteiger partial charge in [0.2, 0.25) is 0 Å². The molecular weight excluding hydrogens is 280 g/mol. The van der Waals surface area contributed by atoms with E-state index in [0.29, 0.717) is 12.1 Å². The van der Waals surface area contributed by atoms with Crippen LogP contribution in [0.25, 0.3) is 0 Å². The number of ether oxygens (including phenoxy) is 1. The zero-order valence-electron chi connectivity index (χ0n) is 13.4. The lowest BCUT2D eigenvalue weighted by Gasteiger charge is -2.14. The third-order valence-corrected chi connectivity index (χ3v) is 3.32. The number of H-pyrrole nitrogens is 1. The highest BCUT2D eigenvalue weighted by Crippen LogP contribution is 2.21. The summed E-state index contributed by atoms with van der Waals surface area (Å²) in [5.74, 6) is 0.748. The van der Waals surface area contributed by atoms with Gasteiger partial charge >= 0.3 is 6.03 Å². The number of hydrogen-bond donors (Lipinski definition) is 3. The molecule has 0 aliphatic heterocycles. The Morgan fingerprint density at radius 3 is 2.77 bits per heavy atom. The third-order valence-electron chi connectivity index (χ3n) is 3.32. The number of aromatic amines is 1. The van der Waals surface area contributed by atoms with E-state index in [1.54, 1.807) is 13.2 Å². The molecule has 118 valence electrons. The van der Waals surface area contributed by atoms with Crippen LogP contribution >= 0.6 is 0 Å². The highest BCUT2D eigenvalue weighted by molar-refractivity contribution is 5.89. The predicted molar refractivity (Wildman–Crippen MR) is 86.4 cm³/mol. The van der Waals surface area contributed by atoms with Crippen LogP contribution in [0.5, 0.6) is 5.75 Å². The Kier molecular flexibility index (Phi) is 5.04. The molecular formula is C16H22N4O2. The maximum absolute atomic E-state index is 12.0. The molecule has 3 N–H and O–H groups in total. The van der Waals surface area contributed by atoms with Crippen molar-refractivity contribution in [3.05, 3.63) is 41.2 Å². The van der Waals surface area contributed by atoms with E-state index >= 15 is 0 Å². The van der Waals surface area contributed by atoms with E-state index in [9.17, 15) is 4.79 Å². The maximum atomic E-state index is 12.0. The number of nitrogens with one attached hydrogen (secondary N) is 3. The van der Waals surface area contributed by atoms with E-state index in [0.717, 1.165) is 22.7 Å². The van der Waals surface area contributed by atoms with Crippen LogP contribution in [-0.2, 0) is 6.42 Å². The Morgan fingerprint density at radius 1 is 1.36 bits per heavy atom. The third kappa shape index (κ3) is 4.25. The standard InChI is InChI=1S/C16H22N4O2/c1-10-5-6-13(9-15(10)22-4)18-16(21)17-11(2)7-14-8-12(3)19-20-14/h5-6,8-9,11H,7H2,1-4H3,(H,19,20)(H2,17,18,21)/t11-/m1/s1. The molecule has 1 heterocycles. The largest absolute Gasteiger partial charge is 0.496 e. The fraction of sp³-hybridized carbons (Fsp3) is 0.375. The predicted octanol–water partition coefficient (Wildman–Crippen LogP) is 2.79. The molecule has 0 fully saturated rings. The molecule has 0 aliphatic carbocycles. The number of carbonyl (C=O) groups excluding carboxylic acids is 1. The molecule has 0 unspecified atom stereocenters. The normalized spacial score (nSPS) is 11.8. The van der Waals surface area contributed by atoms with E-state index < -0.39 is 0 Å². The number of urea groups is 1. The minimum atomic E-state index is -0.245. The smallest absolute Gasteiger partial charge is 0.319 e. The number of carbonyl (C=O) groups is 1. The van der Waals surface area contributed by atoms with Crippen molar-refractivity contribution in [2.45, 2.75) is 33.2 Å². The number of benzene rings is 1. The lowest BCUT2D eigenvalue weighted by molar-refractivity contribution is 0.249. The van der Waals surface area contributed by atoms with E-state index in [1.165, 1.54) is 0 Å². The van der Waals surface area contributed by atoms with Crippen molar-refractivity contribution in [3.8, 4) is 5.75 Å². The van der Waals surface area contributed by atoms with Crippen LogP contribution in [-0.4, -0.2) is 29.4 Å². The summed E-state index contributed by atoms with van der Waals surface area (Å²) in [6.45, 7) is 5.85. The lowest BCUT2D eigenvalue weighted by Crippen LogP contribution is -2.37. The topological polar surface area (TPSA) is 79.0 Å². The Morgan fingerprint density at radius 2 is 2.14 bits per heavy atom. The average Bonchev–Trinajstić information content (AvgIpc) is 2.85. The molecule has 0 saturated heterocycles. The van der Waals surface area contributed by atoms with Crippen LogP contribution in [0.1, 0.15) is 23.9 Å². The van der Waals surface area contributed by atoms with Crippen molar-refractivity contribution >= 4 is 11.7 Å². The molecule has 0 saturated carbocycles. The van der Waals surface area contributed by atoms with Gasteiger partial charge in [-0.1, -0.05) is 6.07 Å². The van der Waals surface area contributed by atoms with Gasteiger partial charge in [0, 0.05) is 29.9 Å². The first-order chi connectivity index (χ1) is 10.5. The van der Waals surface area contributed by atoms with Gasteiger partial charge in [-0.2, -0.15) is 5.10 Å². The van der Waals surface area contributed by atoms with Crippen LogP contribution in [0.4, 0.5) is 10.5 Å². The van der Waals surface area contributed by atoms with Gasteiger partial charge in [-0.25, -0.2) is 4.79 Å². The van der Waals surface area contributed by atoms with Crippen LogP contribution < -0.4 is 15.4 Å². The van der Waals surface area contributed by atoms with Gasteiger partial charge in [0.05, 0.1) is 12.8 Å². The van der Waals surface area contributed by atoms with Crippen molar-refractivity contribution < 1.29 is 9.53 Å². The molecule has 6 nitrogen and oxygen atoms in total. The van der Waals surface area contributed by atoms with Gasteiger partial charge in [0.15, 0.2) is 0 Å². The number of nitrogens with zero attached hydrogens (tertiary/aromatic N) is 1. The number of methoxy groups -OCH3 is 1. The molecule has 2 amide bonds. The highest BCUT2D eigenvalue weighted by Gasteiger charge is 2.10. The van der Waals surface area contributed by atoms with Gasteiger partial charge in [0.25, 0.3) is 0 Å². The second-order valence-electron chi connectivity index (χ2n) is 5.43. The second kappa shape index (κ2) is 6.98. The van der Waals surface area contributed by atoms with E-state index in [-0.39, 0.29) is 12.1 Å². The molecule has 1 aromatic carbocycles. The van der Waals surface area contributed by atoms with Crippen LogP contribution in [0.3, 0.4) is 0 Å². The number of anilines is 1. The van der Waals surface area contributed by atoms with Crippen molar-refractivity contribution in [1.82, 2.24) is 15.5 Å². The number of aryl methyl sites for hydroxylation is 2. The second-order valence-corrected chi connectivity index (χ2v) is 5.43. The molecule has 0 spiro atoms. The molecule has 6 heteroatoms. The lowest BCUT2D eigenvalue weighted by atomic mass is 10.2. The van der Waals surface area contributed by atoms with Crippen LogP contribution in [0.2, 0.25) is 0 Å². The number of aromatic nitrogens is 2. The number of rotatable bonds is 5. The Labute approximate surface area is 130 Å². The minimum Gasteiger partial charge on any atom is -0.496 e. The van der Waals surface area contributed by atoms with Crippen molar-refractivity contribution in [3.63, 3.8) is 0 Å². The van der Waals surface area contributed by atoms with Gasteiger partial charge < -0.3 is 15.4 Å². The Balaban J connectivity index is 1.89. The Hall–Kier alpha value is -2.50. The van der Waals surface area contributed by atoms with Crippen molar-refractivity contribution in [2.75, 3.05) is 12.4 Å². The molecule has 0 aliphatic rings. The zero-order valence-corrected chi connectivity index (χ0v) is 13.4. The van der Waals surface area contributed by atoms with Crippen LogP contribution in [0.15, 0.2) is 24.3 Å². The van der Waals surface area contributed by atoms with Gasteiger partial charge in [-0.15, -0.1) is 0 Å². The van der Waals surface area contributed by atoms with Gasteiger partial charge in [-0.05, 0) is 38.5 Å². The first-order valence-corrected chi connectivity index (χ1v) is 7.21. The molecule has 1 aromatic heterocycles. The molecule has 2 aromatic rings. The molecule has 22 heavy (non-hydrogen) atoms. The number of amides is 2. The van der Waals surface area contributed by atoms with E-state index in [4.69, 9.17) is 4.74 Å². The molecule has 1 atom stereocenters. The molecule has 2 rings (SSSR count). The van der Waals surface area contributed by atoms with Gasteiger partial charge in [-0.3, -0.25) is 5.10 Å². The SMILES string of the molecule is COc1cc(NC(=O)N[C@H](C)Cc2cc(C)[nH]n2)ccc1C. The summed E-state index contributed by atoms with van der Waals surface area (Å²) in [4.78, 5) is 12.0. The summed E-state index contributed by atoms with van der Waals surface area (Å²) in [6, 6.07) is 7.27. The fourth-order valence-electron chi connectivity index (χ4n) is 2.23.